The minimum Gasteiger partial charge on any atom is -0.464 e. The zero-order chi connectivity index (χ0) is 16.8. The van der Waals surface area contributed by atoms with Gasteiger partial charge in [0.2, 0.25) is 0 Å². The van der Waals surface area contributed by atoms with Gasteiger partial charge in [0.1, 0.15) is 0 Å². The van der Waals surface area contributed by atoms with E-state index in [4.69, 9.17) is 9.47 Å². The molecule has 1 heterocycles. The average molecular weight is 327 g/mol. The molecule has 136 valence electrons. The number of hydrogen-bond acceptors (Lipinski definition) is 3. The lowest BCUT2D eigenvalue weighted by Gasteiger charge is -2.39. The van der Waals surface area contributed by atoms with E-state index < -0.39 is 5.60 Å². The van der Waals surface area contributed by atoms with E-state index >= 15 is 0 Å². The Morgan fingerprint density at radius 2 is 1.35 bits per heavy atom. The summed E-state index contributed by atoms with van der Waals surface area (Å²) in [5.74, 6) is -0.144. The summed E-state index contributed by atoms with van der Waals surface area (Å²) in [5, 5.41) is 0. The van der Waals surface area contributed by atoms with Gasteiger partial charge < -0.3 is 9.47 Å². The highest BCUT2D eigenvalue weighted by Crippen LogP contribution is 2.33. The Labute approximate surface area is 143 Å². The Morgan fingerprint density at radius 1 is 0.870 bits per heavy atom. The van der Waals surface area contributed by atoms with Gasteiger partial charge in [-0.3, -0.25) is 0 Å². The monoisotopic (exact) mass is 326 g/mol. The molecule has 1 aliphatic heterocycles. The number of carbonyl (C=O) groups excluding carboxylic acids is 1. The van der Waals surface area contributed by atoms with Crippen molar-refractivity contribution in [3.05, 3.63) is 0 Å². The molecule has 1 rings (SSSR count). The summed E-state index contributed by atoms with van der Waals surface area (Å²) in [6.07, 6.45) is 17.7. The third kappa shape index (κ3) is 8.19. The fourth-order valence-corrected chi connectivity index (χ4v) is 3.32. The van der Waals surface area contributed by atoms with Crippen LogP contribution in [0.5, 0.6) is 0 Å². The van der Waals surface area contributed by atoms with Gasteiger partial charge in [-0.25, -0.2) is 4.79 Å². The van der Waals surface area contributed by atoms with E-state index in [1.807, 2.05) is 6.92 Å². The van der Waals surface area contributed by atoms with Gasteiger partial charge in [-0.2, -0.15) is 0 Å². The number of unbranched alkanes of at least 4 members (excludes halogenated alkanes) is 11. The van der Waals surface area contributed by atoms with E-state index in [0.717, 1.165) is 19.3 Å². The van der Waals surface area contributed by atoms with Crippen LogP contribution in [0.25, 0.3) is 0 Å². The van der Waals surface area contributed by atoms with Crippen LogP contribution in [0.2, 0.25) is 0 Å². The highest BCUT2D eigenvalue weighted by Gasteiger charge is 2.46. The molecule has 0 aromatic carbocycles. The van der Waals surface area contributed by atoms with Crippen LogP contribution in [0.15, 0.2) is 0 Å². The number of carbonyl (C=O) groups is 1. The molecule has 0 spiro atoms. The van der Waals surface area contributed by atoms with Gasteiger partial charge in [-0.15, -0.1) is 0 Å². The lowest BCUT2D eigenvalue weighted by molar-refractivity contribution is -0.201. The van der Waals surface area contributed by atoms with Gasteiger partial charge in [0.25, 0.3) is 0 Å². The Kier molecular flexibility index (Phi) is 11.4. The molecule has 0 amide bonds. The van der Waals surface area contributed by atoms with Crippen LogP contribution in [0.4, 0.5) is 0 Å². The molecule has 1 aliphatic rings. The Hall–Kier alpha value is -0.570. The first-order valence-corrected chi connectivity index (χ1v) is 10.1. The summed E-state index contributed by atoms with van der Waals surface area (Å²) in [7, 11) is 0. The summed E-state index contributed by atoms with van der Waals surface area (Å²) >= 11 is 0. The smallest absolute Gasteiger partial charge is 0.338 e. The van der Waals surface area contributed by atoms with Crippen LogP contribution >= 0.6 is 0 Å². The van der Waals surface area contributed by atoms with Crippen molar-refractivity contribution in [1.82, 2.24) is 0 Å². The van der Waals surface area contributed by atoms with Gasteiger partial charge in [0.05, 0.1) is 13.2 Å². The minimum atomic E-state index is -0.589. The zero-order valence-corrected chi connectivity index (χ0v) is 15.5. The predicted molar refractivity (Wildman–Crippen MR) is 95.6 cm³/mol. The van der Waals surface area contributed by atoms with Crippen molar-refractivity contribution in [3.8, 4) is 0 Å². The second-order valence-corrected chi connectivity index (χ2v) is 6.95. The number of esters is 1. The van der Waals surface area contributed by atoms with Crippen molar-refractivity contribution in [3.63, 3.8) is 0 Å². The molecule has 3 nitrogen and oxygen atoms in total. The number of rotatable bonds is 15. The van der Waals surface area contributed by atoms with Crippen LogP contribution in [0, 0.1) is 0 Å². The Bertz CT molecular complexity index is 297. The standard InChI is InChI=1S/C20H38O3/c1-3-5-6-7-8-9-10-11-12-13-14-15-16-20(17-18-23-20)19(21)22-4-2/h3-18H2,1-2H3. The van der Waals surface area contributed by atoms with E-state index in [9.17, 15) is 4.79 Å². The maximum atomic E-state index is 11.9. The Balaban J connectivity index is 1.90. The van der Waals surface area contributed by atoms with Crippen molar-refractivity contribution in [2.45, 2.75) is 109 Å². The van der Waals surface area contributed by atoms with Gasteiger partial charge in [-0.05, 0) is 19.8 Å². The lowest BCUT2D eigenvalue weighted by atomic mass is 9.88. The highest BCUT2D eigenvalue weighted by atomic mass is 16.6. The van der Waals surface area contributed by atoms with E-state index in [1.54, 1.807) is 0 Å². The minimum absolute atomic E-state index is 0.144. The van der Waals surface area contributed by atoms with Gasteiger partial charge in [-0.1, -0.05) is 77.6 Å². The first kappa shape index (κ1) is 20.5. The fraction of sp³-hybridized carbons (Fsp3) is 0.950. The van der Waals surface area contributed by atoms with Crippen LogP contribution in [-0.4, -0.2) is 24.8 Å². The summed E-state index contributed by atoms with van der Waals surface area (Å²) < 4.78 is 10.7. The largest absolute Gasteiger partial charge is 0.464 e. The maximum absolute atomic E-state index is 11.9. The van der Waals surface area contributed by atoms with Crippen molar-refractivity contribution in [2.24, 2.45) is 0 Å². The second-order valence-electron chi connectivity index (χ2n) is 6.95. The molecule has 3 heteroatoms. The van der Waals surface area contributed by atoms with Crippen molar-refractivity contribution in [1.29, 1.82) is 0 Å². The third-order valence-electron chi connectivity index (χ3n) is 4.97. The number of ether oxygens (including phenoxy) is 2. The second kappa shape index (κ2) is 12.8. The SMILES string of the molecule is CCCCCCCCCCCCCCC1(C(=O)OCC)CCO1. The summed E-state index contributed by atoms with van der Waals surface area (Å²) in [4.78, 5) is 11.9. The molecular weight excluding hydrogens is 288 g/mol. The maximum Gasteiger partial charge on any atom is 0.338 e. The average Bonchev–Trinajstić information content (AvgIpc) is 2.50. The van der Waals surface area contributed by atoms with Crippen LogP contribution < -0.4 is 0 Å². The predicted octanol–water partition coefficient (Wildman–Crippen LogP) is 5.80. The molecule has 0 aromatic rings. The fourth-order valence-electron chi connectivity index (χ4n) is 3.32. The Morgan fingerprint density at radius 3 is 1.74 bits per heavy atom. The van der Waals surface area contributed by atoms with Crippen LogP contribution in [-0.2, 0) is 14.3 Å². The van der Waals surface area contributed by atoms with E-state index in [2.05, 4.69) is 6.92 Å². The molecule has 0 N–H and O–H groups in total. The van der Waals surface area contributed by atoms with Gasteiger partial charge in [0.15, 0.2) is 5.60 Å². The van der Waals surface area contributed by atoms with Crippen LogP contribution in [0.3, 0.4) is 0 Å². The van der Waals surface area contributed by atoms with Crippen molar-refractivity contribution < 1.29 is 14.3 Å². The van der Waals surface area contributed by atoms with E-state index in [-0.39, 0.29) is 5.97 Å². The molecule has 1 unspecified atom stereocenters. The summed E-state index contributed by atoms with van der Waals surface area (Å²) in [5.41, 5.74) is -0.589. The quantitative estimate of drug-likeness (QED) is 0.282. The molecule has 0 aliphatic carbocycles. The lowest BCUT2D eigenvalue weighted by Crippen LogP contribution is -2.51. The molecular formula is C20H38O3. The molecule has 1 fully saturated rings. The van der Waals surface area contributed by atoms with E-state index in [0.29, 0.717) is 13.2 Å². The van der Waals surface area contributed by atoms with E-state index in [1.165, 1.54) is 70.6 Å². The van der Waals surface area contributed by atoms with Crippen molar-refractivity contribution >= 4 is 5.97 Å². The first-order chi connectivity index (χ1) is 11.2. The zero-order valence-electron chi connectivity index (χ0n) is 15.5. The normalized spacial score (nSPS) is 20.3. The molecule has 0 saturated carbocycles. The first-order valence-electron chi connectivity index (χ1n) is 10.1. The topological polar surface area (TPSA) is 35.5 Å². The van der Waals surface area contributed by atoms with Gasteiger partial charge in [0, 0.05) is 6.42 Å². The summed E-state index contributed by atoms with van der Waals surface area (Å²) in [6, 6.07) is 0. The summed E-state index contributed by atoms with van der Waals surface area (Å²) in [6.45, 7) is 5.28. The molecule has 1 atom stereocenters. The highest BCUT2D eigenvalue weighted by molar-refractivity contribution is 5.80. The molecule has 0 aromatic heterocycles. The molecule has 0 bridgehead atoms. The van der Waals surface area contributed by atoms with Crippen molar-refractivity contribution in [2.75, 3.05) is 13.2 Å². The van der Waals surface area contributed by atoms with Gasteiger partial charge >= 0.3 is 5.97 Å². The number of hydrogen-bond donors (Lipinski definition) is 0. The third-order valence-corrected chi connectivity index (χ3v) is 4.97. The molecule has 1 saturated heterocycles. The molecule has 23 heavy (non-hydrogen) atoms. The van der Waals surface area contributed by atoms with Crippen LogP contribution in [0.1, 0.15) is 104 Å². The molecule has 0 radical (unpaired) electrons.